The molecule has 1 aliphatic rings. The van der Waals surface area contributed by atoms with Crippen LogP contribution in [0.25, 0.3) is 20.8 Å². The third-order valence-corrected chi connectivity index (χ3v) is 7.21. The quantitative estimate of drug-likeness (QED) is 0.467. The molecule has 168 valence electrons. The van der Waals surface area contributed by atoms with Crippen LogP contribution in [0.1, 0.15) is 11.3 Å². The molecule has 1 saturated heterocycles. The number of anilines is 1. The van der Waals surface area contributed by atoms with Crippen LogP contribution in [-0.4, -0.2) is 51.8 Å². The van der Waals surface area contributed by atoms with Crippen LogP contribution >= 0.6 is 11.3 Å². The van der Waals surface area contributed by atoms with Crippen molar-refractivity contribution in [2.45, 2.75) is 20.4 Å². The maximum absolute atomic E-state index is 13.1. The van der Waals surface area contributed by atoms with Gasteiger partial charge in [0.25, 0.3) is 5.56 Å². The molecule has 4 aromatic rings. The predicted octanol–water partition coefficient (Wildman–Crippen LogP) is 3.49. The number of rotatable bonds is 4. The van der Waals surface area contributed by atoms with Gasteiger partial charge in [-0.15, -0.1) is 11.3 Å². The maximum atomic E-state index is 13.1. The summed E-state index contributed by atoms with van der Waals surface area (Å²) in [6, 6.07) is 18.3. The monoisotopic (exact) mass is 459 g/mol. The van der Waals surface area contributed by atoms with Crippen molar-refractivity contribution in [3.63, 3.8) is 0 Å². The molecule has 0 N–H and O–H groups in total. The number of piperazine rings is 1. The Hall–Kier alpha value is -3.52. The molecule has 0 atom stereocenters. The Morgan fingerprint density at radius 2 is 1.67 bits per heavy atom. The molecule has 1 fully saturated rings. The van der Waals surface area contributed by atoms with E-state index in [0.29, 0.717) is 24.3 Å². The van der Waals surface area contributed by atoms with E-state index in [-0.39, 0.29) is 18.0 Å². The summed E-state index contributed by atoms with van der Waals surface area (Å²) in [5.41, 5.74) is 4.08. The molecule has 3 heterocycles. The molecule has 0 aliphatic carbocycles. The van der Waals surface area contributed by atoms with E-state index in [1.54, 1.807) is 0 Å². The van der Waals surface area contributed by atoms with E-state index < -0.39 is 0 Å². The molecule has 0 radical (unpaired) electrons. The fraction of sp³-hybridized carbons (Fsp3) is 0.280. The zero-order valence-electron chi connectivity index (χ0n) is 18.7. The number of carbonyl (C=O) groups is 1. The first-order valence-electron chi connectivity index (χ1n) is 11.0. The number of hydrogen-bond donors (Lipinski definition) is 0. The van der Waals surface area contributed by atoms with Gasteiger partial charge in [0, 0.05) is 37.4 Å². The first kappa shape index (κ1) is 21.3. The Labute approximate surface area is 195 Å². The van der Waals surface area contributed by atoms with Crippen molar-refractivity contribution in [1.29, 1.82) is 0 Å². The predicted molar refractivity (Wildman–Crippen MR) is 132 cm³/mol. The van der Waals surface area contributed by atoms with Gasteiger partial charge in [-0.3, -0.25) is 9.59 Å². The Morgan fingerprint density at radius 1 is 0.970 bits per heavy atom. The fourth-order valence-corrected chi connectivity index (χ4v) is 5.11. The first-order chi connectivity index (χ1) is 16.0. The Balaban J connectivity index is 1.34. The zero-order valence-corrected chi connectivity index (χ0v) is 19.5. The Bertz CT molecular complexity index is 1350. The van der Waals surface area contributed by atoms with Crippen LogP contribution in [0.2, 0.25) is 0 Å². The molecule has 2 aromatic carbocycles. The maximum Gasteiger partial charge on any atom is 0.294 e. The van der Waals surface area contributed by atoms with Crippen molar-refractivity contribution in [3.8, 4) is 10.6 Å². The lowest BCUT2D eigenvalue weighted by atomic mass is 10.2. The molecule has 7 nitrogen and oxygen atoms in total. The standard InChI is InChI=1S/C25H25N5O2S/c1-17-8-10-19(11-9-17)24-26-22-23(33-24)18(2)27-30(25(22)32)16-21(31)29-14-12-28(13-15-29)20-6-4-3-5-7-20/h3-11H,12-16H2,1-2H3. The van der Waals surface area contributed by atoms with Gasteiger partial charge in [-0.25, -0.2) is 9.67 Å². The lowest BCUT2D eigenvalue weighted by Crippen LogP contribution is -2.50. The second-order valence-electron chi connectivity index (χ2n) is 8.31. The molecule has 1 aliphatic heterocycles. The SMILES string of the molecule is Cc1ccc(-c2nc3c(=O)n(CC(=O)N4CCN(c5ccccc5)CC4)nc(C)c3s2)cc1. The van der Waals surface area contributed by atoms with Gasteiger partial charge in [-0.05, 0) is 26.0 Å². The van der Waals surface area contributed by atoms with Crippen molar-refractivity contribution < 1.29 is 4.79 Å². The average molecular weight is 460 g/mol. The van der Waals surface area contributed by atoms with Crippen molar-refractivity contribution in [1.82, 2.24) is 19.7 Å². The number of aromatic nitrogens is 3. The summed E-state index contributed by atoms with van der Waals surface area (Å²) < 4.78 is 2.04. The molecule has 5 rings (SSSR count). The highest BCUT2D eigenvalue weighted by atomic mass is 32.1. The summed E-state index contributed by atoms with van der Waals surface area (Å²) in [5.74, 6) is -0.0925. The van der Waals surface area contributed by atoms with Crippen molar-refractivity contribution in [2.24, 2.45) is 0 Å². The van der Waals surface area contributed by atoms with E-state index in [1.807, 2.05) is 61.2 Å². The fourth-order valence-electron chi connectivity index (χ4n) is 4.11. The molecule has 0 bridgehead atoms. The topological polar surface area (TPSA) is 71.3 Å². The minimum Gasteiger partial charge on any atom is -0.368 e. The summed E-state index contributed by atoms with van der Waals surface area (Å²) in [6.07, 6.45) is 0. The van der Waals surface area contributed by atoms with Gasteiger partial charge >= 0.3 is 0 Å². The normalized spacial score (nSPS) is 14.1. The molecule has 33 heavy (non-hydrogen) atoms. The second-order valence-corrected chi connectivity index (χ2v) is 9.31. The van der Waals surface area contributed by atoms with Crippen LogP contribution in [0.4, 0.5) is 5.69 Å². The molecule has 1 amide bonds. The number of aryl methyl sites for hydroxylation is 2. The van der Waals surface area contributed by atoms with E-state index in [1.165, 1.54) is 21.6 Å². The molecule has 8 heteroatoms. The van der Waals surface area contributed by atoms with Gasteiger partial charge in [0.2, 0.25) is 5.91 Å². The van der Waals surface area contributed by atoms with Gasteiger partial charge in [0.05, 0.1) is 10.4 Å². The van der Waals surface area contributed by atoms with Gasteiger partial charge in [0.15, 0.2) is 5.52 Å². The lowest BCUT2D eigenvalue weighted by Gasteiger charge is -2.36. The highest BCUT2D eigenvalue weighted by Gasteiger charge is 2.23. The first-order valence-corrected chi connectivity index (χ1v) is 11.8. The third-order valence-electron chi connectivity index (χ3n) is 6.00. The number of nitrogens with zero attached hydrogens (tertiary/aromatic N) is 5. The van der Waals surface area contributed by atoms with Gasteiger partial charge in [0.1, 0.15) is 11.6 Å². The summed E-state index contributed by atoms with van der Waals surface area (Å²) in [4.78, 5) is 34.8. The number of carbonyl (C=O) groups excluding carboxylic acids is 1. The minimum atomic E-state index is -0.318. The molecular formula is C25H25N5O2S. The molecule has 0 unspecified atom stereocenters. The van der Waals surface area contributed by atoms with Crippen LogP contribution in [-0.2, 0) is 11.3 Å². The highest BCUT2D eigenvalue weighted by molar-refractivity contribution is 7.21. The van der Waals surface area contributed by atoms with Crippen molar-refractivity contribution >= 4 is 33.1 Å². The third kappa shape index (κ3) is 4.26. The lowest BCUT2D eigenvalue weighted by molar-refractivity contribution is -0.132. The van der Waals surface area contributed by atoms with E-state index in [2.05, 4.69) is 27.1 Å². The van der Waals surface area contributed by atoms with Crippen LogP contribution < -0.4 is 10.5 Å². The van der Waals surface area contributed by atoms with Crippen molar-refractivity contribution in [3.05, 3.63) is 76.2 Å². The Morgan fingerprint density at radius 3 is 2.36 bits per heavy atom. The summed E-state index contributed by atoms with van der Waals surface area (Å²) in [5, 5.41) is 5.22. The van der Waals surface area contributed by atoms with Crippen LogP contribution in [0.3, 0.4) is 0 Å². The van der Waals surface area contributed by atoms with Crippen LogP contribution in [0.15, 0.2) is 59.4 Å². The van der Waals surface area contributed by atoms with E-state index in [4.69, 9.17) is 0 Å². The van der Waals surface area contributed by atoms with Crippen LogP contribution in [0.5, 0.6) is 0 Å². The highest BCUT2D eigenvalue weighted by Crippen LogP contribution is 2.30. The second kappa shape index (κ2) is 8.78. The number of hydrogen-bond acceptors (Lipinski definition) is 6. The number of fused-ring (bicyclic) bond motifs is 1. The molecule has 0 spiro atoms. The molecule has 2 aromatic heterocycles. The average Bonchev–Trinajstić information content (AvgIpc) is 3.30. The molecule has 0 saturated carbocycles. The van der Waals surface area contributed by atoms with E-state index in [0.717, 1.165) is 34.0 Å². The minimum absolute atomic E-state index is 0.0711. The van der Waals surface area contributed by atoms with Crippen LogP contribution in [0, 0.1) is 13.8 Å². The zero-order chi connectivity index (χ0) is 22.9. The summed E-state index contributed by atoms with van der Waals surface area (Å²) >= 11 is 1.46. The largest absolute Gasteiger partial charge is 0.368 e. The van der Waals surface area contributed by atoms with Gasteiger partial charge in [-0.2, -0.15) is 5.10 Å². The number of thiazole rings is 1. The molecular weight excluding hydrogens is 434 g/mol. The smallest absolute Gasteiger partial charge is 0.294 e. The van der Waals surface area contributed by atoms with E-state index in [9.17, 15) is 9.59 Å². The van der Waals surface area contributed by atoms with Gasteiger partial charge < -0.3 is 9.80 Å². The Kier molecular flexibility index (Phi) is 5.68. The van der Waals surface area contributed by atoms with Gasteiger partial charge in [-0.1, -0.05) is 48.0 Å². The van der Waals surface area contributed by atoms with E-state index >= 15 is 0 Å². The number of benzene rings is 2. The number of amides is 1. The summed E-state index contributed by atoms with van der Waals surface area (Å²) in [6.45, 7) is 6.60. The number of para-hydroxylation sites is 1. The summed E-state index contributed by atoms with van der Waals surface area (Å²) in [7, 11) is 0. The van der Waals surface area contributed by atoms with Crippen molar-refractivity contribution in [2.75, 3.05) is 31.1 Å².